The van der Waals surface area contributed by atoms with Gasteiger partial charge in [-0.3, -0.25) is 0 Å². The molecule has 0 aliphatic carbocycles. The third-order valence-electron chi connectivity index (χ3n) is 2.57. The zero-order valence-corrected chi connectivity index (χ0v) is 11.2. The van der Waals surface area contributed by atoms with Crippen molar-refractivity contribution < 1.29 is 0 Å². The minimum Gasteiger partial charge on any atom is -0.364 e. The van der Waals surface area contributed by atoms with E-state index in [1.54, 1.807) is 11.3 Å². The summed E-state index contributed by atoms with van der Waals surface area (Å²) in [5.41, 5.74) is 6.32. The molecule has 4 N–H and O–H groups in total. The van der Waals surface area contributed by atoms with Crippen molar-refractivity contribution in [3.8, 4) is 0 Å². The lowest BCUT2D eigenvalue weighted by molar-refractivity contribution is 0.918. The lowest BCUT2D eigenvalue weighted by Gasteiger charge is -2.12. The van der Waals surface area contributed by atoms with Gasteiger partial charge in [0.1, 0.15) is 17.5 Å². The molecule has 2 aromatic heterocycles. The van der Waals surface area contributed by atoms with Gasteiger partial charge < -0.3 is 10.7 Å². The van der Waals surface area contributed by atoms with Gasteiger partial charge >= 0.3 is 0 Å². The highest BCUT2D eigenvalue weighted by Crippen LogP contribution is 2.20. The number of anilines is 2. The topological polar surface area (TPSA) is 88.8 Å². The molecule has 0 fully saturated rings. The van der Waals surface area contributed by atoms with Gasteiger partial charge in [-0.15, -0.1) is 11.3 Å². The highest BCUT2D eigenvalue weighted by molar-refractivity contribution is 7.07. The molecule has 0 bridgehead atoms. The summed E-state index contributed by atoms with van der Waals surface area (Å²) in [5.74, 6) is 7.66. The van der Waals surface area contributed by atoms with Crippen LogP contribution in [0.1, 0.15) is 24.0 Å². The molecule has 96 valence electrons. The van der Waals surface area contributed by atoms with Crippen LogP contribution in [0.5, 0.6) is 0 Å². The lowest BCUT2D eigenvalue weighted by atomic mass is 10.3. The Balaban J connectivity index is 2.20. The van der Waals surface area contributed by atoms with Gasteiger partial charge in [0.15, 0.2) is 0 Å². The SMILES string of the molecule is CCc1nc(NN)c(C)c(NCc2cscn2)n1. The molecule has 0 unspecified atom stereocenters. The molecule has 0 aromatic carbocycles. The predicted molar refractivity (Wildman–Crippen MR) is 73.4 cm³/mol. The number of hydrogen-bond donors (Lipinski definition) is 3. The molecule has 6 nitrogen and oxygen atoms in total. The van der Waals surface area contributed by atoms with Crippen molar-refractivity contribution in [1.82, 2.24) is 15.0 Å². The van der Waals surface area contributed by atoms with Crippen LogP contribution in [0.25, 0.3) is 0 Å². The number of nitrogens with one attached hydrogen (secondary N) is 2. The van der Waals surface area contributed by atoms with Crippen molar-refractivity contribution in [3.05, 3.63) is 28.0 Å². The highest BCUT2D eigenvalue weighted by Gasteiger charge is 2.09. The van der Waals surface area contributed by atoms with Crippen molar-refractivity contribution in [1.29, 1.82) is 0 Å². The van der Waals surface area contributed by atoms with Crippen molar-refractivity contribution in [2.24, 2.45) is 5.84 Å². The molecule has 0 radical (unpaired) electrons. The molecule has 7 heteroatoms. The zero-order chi connectivity index (χ0) is 13.0. The summed E-state index contributed by atoms with van der Waals surface area (Å²) >= 11 is 1.58. The van der Waals surface area contributed by atoms with Gasteiger partial charge in [-0.05, 0) is 6.92 Å². The fraction of sp³-hybridized carbons (Fsp3) is 0.364. The van der Waals surface area contributed by atoms with Crippen LogP contribution in [-0.4, -0.2) is 15.0 Å². The number of nitrogens with two attached hydrogens (primary N) is 1. The Morgan fingerprint density at radius 1 is 1.33 bits per heavy atom. The minimum absolute atomic E-state index is 0.647. The quantitative estimate of drug-likeness (QED) is 0.562. The minimum atomic E-state index is 0.647. The molecule has 18 heavy (non-hydrogen) atoms. The number of rotatable bonds is 5. The van der Waals surface area contributed by atoms with E-state index in [9.17, 15) is 0 Å². The molecule has 2 rings (SSSR count). The first-order chi connectivity index (χ1) is 8.74. The first-order valence-electron chi connectivity index (χ1n) is 5.69. The van der Waals surface area contributed by atoms with Crippen LogP contribution in [0, 0.1) is 6.92 Å². The average molecular weight is 264 g/mol. The number of thiazole rings is 1. The first-order valence-corrected chi connectivity index (χ1v) is 6.64. The van der Waals surface area contributed by atoms with E-state index < -0.39 is 0 Å². The normalized spacial score (nSPS) is 10.4. The van der Waals surface area contributed by atoms with E-state index in [-0.39, 0.29) is 0 Å². The van der Waals surface area contributed by atoms with Crippen LogP contribution in [0.15, 0.2) is 10.9 Å². The molecular formula is C11H16N6S. The number of aromatic nitrogens is 3. The molecule has 0 aliphatic rings. The van der Waals surface area contributed by atoms with Crippen LogP contribution in [0.4, 0.5) is 11.6 Å². The van der Waals surface area contributed by atoms with Crippen molar-refractivity contribution in [3.63, 3.8) is 0 Å². The van der Waals surface area contributed by atoms with Crippen molar-refractivity contribution >= 4 is 23.0 Å². The summed E-state index contributed by atoms with van der Waals surface area (Å²) in [6.45, 7) is 4.59. The van der Waals surface area contributed by atoms with E-state index in [0.717, 1.165) is 29.3 Å². The summed E-state index contributed by atoms with van der Waals surface area (Å²) in [6.07, 6.45) is 0.764. The third-order valence-corrected chi connectivity index (χ3v) is 3.20. The lowest BCUT2D eigenvalue weighted by Crippen LogP contribution is -2.14. The second-order valence-corrected chi connectivity index (χ2v) is 4.51. The number of aryl methyl sites for hydroxylation is 1. The van der Waals surface area contributed by atoms with Gasteiger partial charge in [0.05, 0.1) is 17.7 Å². The van der Waals surface area contributed by atoms with Gasteiger partial charge in [-0.2, -0.15) is 0 Å². The Kier molecular flexibility index (Phi) is 4.06. The van der Waals surface area contributed by atoms with Gasteiger partial charge in [0, 0.05) is 17.4 Å². The summed E-state index contributed by atoms with van der Waals surface area (Å²) < 4.78 is 0. The van der Waals surface area contributed by atoms with E-state index in [4.69, 9.17) is 5.84 Å². The third kappa shape index (κ3) is 2.74. The zero-order valence-electron chi connectivity index (χ0n) is 10.4. The molecular weight excluding hydrogens is 248 g/mol. The average Bonchev–Trinajstić information content (AvgIpc) is 2.90. The largest absolute Gasteiger partial charge is 0.364 e. The standard InChI is InChI=1S/C11H16N6S/c1-3-9-15-10(7(2)11(16-9)17-12)13-4-8-5-18-6-14-8/h5-6H,3-4,12H2,1-2H3,(H2,13,15,16,17). The van der Waals surface area contributed by atoms with Crippen LogP contribution in [0.3, 0.4) is 0 Å². The first kappa shape index (κ1) is 12.7. The summed E-state index contributed by atoms with van der Waals surface area (Å²) in [4.78, 5) is 13.0. The van der Waals surface area contributed by atoms with Gasteiger partial charge in [0.2, 0.25) is 0 Å². The molecule has 0 saturated carbocycles. The predicted octanol–water partition coefficient (Wildman–Crippen LogP) is 1.70. The Hall–Kier alpha value is -1.73. The van der Waals surface area contributed by atoms with Gasteiger partial charge in [0.25, 0.3) is 0 Å². The Labute approximate surface area is 110 Å². The summed E-state index contributed by atoms with van der Waals surface area (Å²) in [5, 5.41) is 5.27. The van der Waals surface area contributed by atoms with E-state index in [0.29, 0.717) is 12.4 Å². The van der Waals surface area contributed by atoms with Crippen LogP contribution in [-0.2, 0) is 13.0 Å². The molecule has 0 saturated heterocycles. The molecule has 2 heterocycles. The fourth-order valence-corrected chi connectivity index (χ4v) is 2.09. The van der Waals surface area contributed by atoms with Gasteiger partial charge in [-0.1, -0.05) is 6.92 Å². The molecule has 0 amide bonds. The number of hydrogen-bond acceptors (Lipinski definition) is 7. The Bertz CT molecular complexity index is 511. The highest BCUT2D eigenvalue weighted by atomic mass is 32.1. The van der Waals surface area contributed by atoms with Gasteiger partial charge in [-0.25, -0.2) is 20.8 Å². The molecule has 0 aliphatic heterocycles. The Morgan fingerprint density at radius 2 is 2.11 bits per heavy atom. The van der Waals surface area contributed by atoms with Crippen LogP contribution in [0.2, 0.25) is 0 Å². The fourth-order valence-electron chi connectivity index (χ4n) is 1.53. The second kappa shape index (κ2) is 5.74. The smallest absolute Gasteiger partial charge is 0.148 e. The molecule has 0 spiro atoms. The second-order valence-electron chi connectivity index (χ2n) is 3.79. The monoisotopic (exact) mass is 264 g/mol. The maximum Gasteiger partial charge on any atom is 0.148 e. The van der Waals surface area contributed by atoms with E-state index in [2.05, 4.69) is 25.7 Å². The van der Waals surface area contributed by atoms with E-state index in [1.165, 1.54) is 0 Å². The van der Waals surface area contributed by atoms with Crippen LogP contribution < -0.4 is 16.6 Å². The maximum absolute atomic E-state index is 5.46. The van der Waals surface area contributed by atoms with E-state index in [1.807, 2.05) is 24.7 Å². The molecule has 0 atom stereocenters. The Morgan fingerprint density at radius 3 is 2.72 bits per heavy atom. The van der Waals surface area contributed by atoms with Crippen molar-refractivity contribution in [2.45, 2.75) is 26.8 Å². The number of hydrazine groups is 1. The van der Waals surface area contributed by atoms with Crippen molar-refractivity contribution in [2.75, 3.05) is 10.7 Å². The summed E-state index contributed by atoms with van der Waals surface area (Å²) in [7, 11) is 0. The maximum atomic E-state index is 5.46. The molecule has 2 aromatic rings. The number of nitrogen functional groups attached to an aromatic ring is 1. The van der Waals surface area contributed by atoms with Crippen LogP contribution >= 0.6 is 11.3 Å². The number of nitrogens with zero attached hydrogens (tertiary/aromatic N) is 3. The summed E-state index contributed by atoms with van der Waals surface area (Å²) in [6, 6.07) is 0. The van der Waals surface area contributed by atoms with E-state index >= 15 is 0 Å².